The molecule has 0 bridgehead atoms. The van der Waals surface area contributed by atoms with Gasteiger partial charge >= 0.3 is 0 Å². The minimum atomic E-state index is 0.422. The van der Waals surface area contributed by atoms with Crippen molar-refractivity contribution in [1.82, 2.24) is 30.0 Å². The number of ether oxygens (including phenoxy) is 1. The van der Waals surface area contributed by atoms with E-state index in [-0.39, 0.29) is 0 Å². The Morgan fingerprint density at radius 3 is 2.88 bits per heavy atom. The molecule has 1 aliphatic rings. The number of nitriles is 1. The normalized spacial score (nSPS) is 12.8. The number of hydrogen-bond acceptors (Lipinski definition) is 7. The molecule has 4 aromatic rings. The minimum Gasteiger partial charge on any atom is -0.438 e. The van der Waals surface area contributed by atoms with Crippen molar-refractivity contribution in [2.75, 3.05) is 6.54 Å². The van der Waals surface area contributed by atoms with Gasteiger partial charge in [0.25, 0.3) is 0 Å². The van der Waals surface area contributed by atoms with Crippen LogP contribution in [0.2, 0.25) is 5.15 Å². The van der Waals surface area contributed by atoms with Crippen molar-refractivity contribution >= 4 is 11.6 Å². The summed E-state index contributed by atoms with van der Waals surface area (Å²) in [5.41, 5.74) is 4.37. The van der Waals surface area contributed by atoms with Crippen LogP contribution in [0, 0.1) is 11.3 Å². The highest BCUT2D eigenvalue weighted by atomic mass is 35.5. The second-order valence-corrected chi connectivity index (χ2v) is 7.68. The van der Waals surface area contributed by atoms with Crippen LogP contribution in [0.25, 0.3) is 22.8 Å². The highest BCUT2D eigenvalue weighted by Crippen LogP contribution is 2.35. The first kappa shape index (κ1) is 20.1. The zero-order valence-corrected chi connectivity index (χ0v) is 18.0. The van der Waals surface area contributed by atoms with Gasteiger partial charge in [-0.3, -0.25) is 4.98 Å². The monoisotopic (exact) mass is 443 g/mol. The average molecular weight is 444 g/mol. The lowest BCUT2D eigenvalue weighted by molar-refractivity contribution is 0.432. The lowest BCUT2D eigenvalue weighted by Crippen LogP contribution is -2.25. The minimum absolute atomic E-state index is 0.422. The highest BCUT2D eigenvalue weighted by molar-refractivity contribution is 6.30. The molecule has 4 heterocycles. The molecule has 0 saturated heterocycles. The fourth-order valence-corrected chi connectivity index (χ4v) is 3.84. The highest BCUT2D eigenvalue weighted by Gasteiger charge is 2.20. The van der Waals surface area contributed by atoms with Crippen molar-refractivity contribution in [1.29, 1.82) is 5.26 Å². The molecule has 32 heavy (non-hydrogen) atoms. The third-order valence-corrected chi connectivity index (χ3v) is 5.53. The maximum Gasteiger partial charge on any atom is 0.218 e. The van der Waals surface area contributed by atoms with Crippen molar-refractivity contribution < 1.29 is 4.74 Å². The van der Waals surface area contributed by atoms with Gasteiger partial charge in [0.05, 0.1) is 28.6 Å². The number of hydrogen-bond donors (Lipinski definition) is 1. The third kappa shape index (κ3) is 3.80. The third-order valence-electron chi connectivity index (χ3n) is 5.21. The van der Waals surface area contributed by atoms with Gasteiger partial charge in [0.2, 0.25) is 5.88 Å². The Hall–Kier alpha value is -3.80. The fraction of sp³-hybridized carbons (Fsp3) is 0.174. The van der Waals surface area contributed by atoms with E-state index in [4.69, 9.17) is 21.3 Å². The molecule has 158 valence electrons. The van der Waals surface area contributed by atoms with Crippen molar-refractivity contribution in [3.05, 3.63) is 70.6 Å². The maximum absolute atomic E-state index is 9.41. The number of nitrogens with zero attached hydrogens (tertiary/aromatic N) is 6. The lowest BCUT2D eigenvalue weighted by Gasteiger charge is -2.18. The Bertz CT molecular complexity index is 1340. The van der Waals surface area contributed by atoms with Gasteiger partial charge in [-0.2, -0.15) is 10.4 Å². The summed E-state index contributed by atoms with van der Waals surface area (Å²) in [6, 6.07) is 14.7. The largest absolute Gasteiger partial charge is 0.438 e. The molecule has 0 saturated carbocycles. The molecule has 1 aromatic carbocycles. The van der Waals surface area contributed by atoms with E-state index in [2.05, 4.69) is 26.5 Å². The van der Waals surface area contributed by atoms with Gasteiger partial charge in [-0.1, -0.05) is 17.7 Å². The van der Waals surface area contributed by atoms with E-state index in [1.807, 2.05) is 18.2 Å². The zero-order valence-electron chi connectivity index (χ0n) is 17.2. The van der Waals surface area contributed by atoms with Crippen molar-refractivity contribution in [2.45, 2.75) is 13.0 Å². The van der Waals surface area contributed by atoms with Crippen LogP contribution >= 0.6 is 11.6 Å². The fourth-order valence-electron chi connectivity index (χ4n) is 3.58. The van der Waals surface area contributed by atoms with Gasteiger partial charge in [0, 0.05) is 44.4 Å². The van der Waals surface area contributed by atoms with Gasteiger partial charge in [0.15, 0.2) is 5.82 Å². The molecule has 0 atom stereocenters. The van der Waals surface area contributed by atoms with Gasteiger partial charge in [-0.15, -0.1) is 0 Å². The van der Waals surface area contributed by atoms with Crippen LogP contribution in [0.3, 0.4) is 0 Å². The number of aryl methyl sites for hydroxylation is 1. The SMILES string of the molecule is Cn1nc(-c2ccccn2)cc1Oc1cc(C#N)ccc1-c1nc(Cl)c2c(n1)CCNC2. The summed E-state index contributed by atoms with van der Waals surface area (Å²) >= 11 is 6.46. The van der Waals surface area contributed by atoms with Gasteiger partial charge < -0.3 is 10.1 Å². The second kappa shape index (κ2) is 8.38. The van der Waals surface area contributed by atoms with Crippen LogP contribution in [-0.4, -0.2) is 31.3 Å². The van der Waals surface area contributed by atoms with Crippen LogP contribution in [-0.2, 0) is 20.0 Å². The van der Waals surface area contributed by atoms with Crippen LogP contribution in [0.5, 0.6) is 11.6 Å². The lowest BCUT2D eigenvalue weighted by atomic mass is 10.1. The van der Waals surface area contributed by atoms with Gasteiger partial charge in [-0.05, 0) is 30.3 Å². The Kier molecular flexibility index (Phi) is 5.27. The number of fused-ring (bicyclic) bond motifs is 1. The molecule has 9 heteroatoms. The van der Waals surface area contributed by atoms with E-state index in [0.29, 0.717) is 46.0 Å². The molecule has 8 nitrogen and oxygen atoms in total. The Morgan fingerprint density at radius 1 is 1.16 bits per heavy atom. The van der Waals surface area contributed by atoms with E-state index < -0.39 is 0 Å². The number of halogens is 1. The summed E-state index contributed by atoms with van der Waals surface area (Å²) < 4.78 is 7.83. The molecule has 0 unspecified atom stereocenters. The first-order chi connectivity index (χ1) is 15.6. The molecule has 0 radical (unpaired) electrons. The second-order valence-electron chi connectivity index (χ2n) is 7.32. The smallest absolute Gasteiger partial charge is 0.218 e. The molecular weight excluding hydrogens is 426 g/mol. The predicted octanol–water partition coefficient (Wildman–Crippen LogP) is 3.90. The van der Waals surface area contributed by atoms with Crippen molar-refractivity contribution in [3.63, 3.8) is 0 Å². The summed E-state index contributed by atoms with van der Waals surface area (Å²) in [6.45, 7) is 1.48. The Labute approximate surface area is 189 Å². The maximum atomic E-state index is 9.41. The van der Waals surface area contributed by atoms with Crippen LogP contribution in [0.1, 0.15) is 16.8 Å². The number of nitrogens with one attached hydrogen (secondary N) is 1. The first-order valence-electron chi connectivity index (χ1n) is 10.1. The zero-order chi connectivity index (χ0) is 22.1. The average Bonchev–Trinajstić information content (AvgIpc) is 3.19. The van der Waals surface area contributed by atoms with Gasteiger partial charge in [0.1, 0.15) is 16.6 Å². The molecule has 0 aliphatic carbocycles. The number of benzene rings is 1. The van der Waals surface area contributed by atoms with E-state index in [9.17, 15) is 5.26 Å². The van der Waals surface area contributed by atoms with E-state index in [1.165, 1.54) is 0 Å². The summed E-state index contributed by atoms with van der Waals surface area (Å²) in [5, 5.41) is 17.6. The molecular formula is C23H18ClN7O. The van der Waals surface area contributed by atoms with Crippen LogP contribution in [0.4, 0.5) is 0 Å². The summed E-state index contributed by atoms with van der Waals surface area (Å²) in [4.78, 5) is 13.6. The molecule has 1 N–H and O–H groups in total. The van der Waals surface area contributed by atoms with Crippen LogP contribution in [0.15, 0.2) is 48.7 Å². The number of aromatic nitrogens is 5. The molecule has 0 fully saturated rings. The van der Waals surface area contributed by atoms with Crippen LogP contribution < -0.4 is 10.1 Å². The molecule has 0 spiro atoms. The van der Waals surface area contributed by atoms with E-state index in [1.54, 1.807) is 42.2 Å². The Balaban J connectivity index is 1.57. The van der Waals surface area contributed by atoms with E-state index in [0.717, 1.165) is 29.9 Å². The van der Waals surface area contributed by atoms with Crippen molar-refractivity contribution in [3.8, 4) is 40.5 Å². The summed E-state index contributed by atoms with van der Waals surface area (Å²) in [6.07, 6.45) is 2.48. The van der Waals surface area contributed by atoms with Crippen molar-refractivity contribution in [2.24, 2.45) is 7.05 Å². The molecule has 0 amide bonds. The number of pyridine rings is 1. The summed E-state index contributed by atoms with van der Waals surface area (Å²) in [7, 11) is 1.79. The molecule has 1 aliphatic heterocycles. The van der Waals surface area contributed by atoms with E-state index >= 15 is 0 Å². The molecule has 3 aromatic heterocycles. The Morgan fingerprint density at radius 2 is 2.06 bits per heavy atom. The first-order valence-corrected chi connectivity index (χ1v) is 10.4. The van der Waals surface area contributed by atoms with Gasteiger partial charge in [-0.25, -0.2) is 14.6 Å². The molecule has 5 rings (SSSR count). The number of rotatable bonds is 4. The topological polar surface area (TPSA) is 102 Å². The quantitative estimate of drug-likeness (QED) is 0.477. The summed E-state index contributed by atoms with van der Waals surface area (Å²) in [5.74, 6) is 1.40. The predicted molar refractivity (Wildman–Crippen MR) is 119 cm³/mol. The standard InChI is InChI=1S/C23H18ClN7O/c1-31-21(11-19(30-31)18-4-2-3-8-27-18)32-20-10-14(12-25)5-6-15(20)23-28-17-7-9-26-13-16(17)22(24)29-23/h2-6,8,10-11,26H,7,9,13H2,1H3.